The van der Waals surface area contributed by atoms with Crippen LogP contribution < -0.4 is 10.6 Å². The summed E-state index contributed by atoms with van der Waals surface area (Å²) in [6.45, 7) is 4.45. The number of amides is 3. The van der Waals surface area contributed by atoms with Crippen LogP contribution in [0.5, 0.6) is 0 Å². The highest BCUT2D eigenvalue weighted by molar-refractivity contribution is 6.05. The standard InChI is InChI=1S/C20H26N4O3/c1-23(11-14-6-7-21-9-14)10-13-2-3-15-12-24(20(27)16(15)8-13)17-4-5-18(25)22-19(17)26/h2-3,8,14,17,21H,4-7,9-12H2,1H3,(H,22,25,26). The fraction of sp³-hybridized carbons (Fsp3) is 0.550. The van der Waals surface area contributed by atoms with Crippen molar-refractivity contribution in [1.29, 1.82) is 0 Å². The lowest BCUT2D eigenvalue weighted by Crippen LogP contribution is -2.52. The molecule has 3 aliphatic rings. The third-order valence-corrected chi connectivity index (χ3v) is 5.78. The average Bonchev–Trinajstić information content (AvgIpc) is 3.24. The topological polar surface area (TPSA) is 81.8 Å². The van der Waals surface area contributed by atoms with Gasteiger partial charge in [-0.3, -0.25) is 19.7 Å². The van der Waals surface area contributed by atoms with Crippen LogP contribution in [-0.2, 0) is 22.7 Å². The van der Waals surface area contributed by atoms with Gasteiger partial charge in [0.05, 0.1) is 0 Å². The maximum absolute atomic E-state index is 12.9. The fourth-order valence-corrected chi connectivity index (χ4v) is 4.39. The van der Waals surface area contributed by atoms with E-state index in [9.17, 15) is 14.4 Å². The summed E-state index contributed by atoms with van der Waals surface area (Å²) in [6.07, 6.45) is 1.89. The van der Waals surface area contributed by atoms with Crippen molar-refractivity contribution < 1.29 is 14.4 Å². The van der Waals surface area contributed by atoms with Crippen molar-refractivity contribution in [2.75, 3.05) is 26.7 Å². The zero-order valence-electron chi connectivity index (χ0n) is 15.7. The van der Waals surface area contributed by atoms with Crippen LogP contribution in [0.3, 0.4) is 0 Å². The minimum Gasteiger partial charge on any atom is -0.322 e. The first-order chi connectivity index (χ1) is 13.0. The molecule has 1 aromatic rings. The lowest BCUT2D eigenvalue weighted by molar-refractivity contribution is -0.136. The van der Waals surface area contributed by atoms with E-state index in [0.29, 0.717) is 24.4 Å². The van der Waals surface area contributed by atoms with Crippen LogP contribution in [0.1, 0.15) is 40.7 Å². The minimum atomic E-state index is -0.552. The van der Waals surface area contributed by atoms with Crippen LogP contribution in [0.25, 0.3) is 0 Å². The van der Waals surface area contributed by atoms with Crippen molar-refractivity contribution in [2.45, 2.75) is 38.4 Å². The highest BCUT2D eigenvalue weighted by atomic mass is 16.2. The van der Waals surface area contributed by atoms with Crippen LogP contribution in [0.2, 0.25) is 0 Å². The molecule has 0 saturated carbocycles. The Morgan fingerprint density at radius 3 is 2.81 bits per heavy atom. The lowest BCUT2D eigenvalue weighted by atomic mass is 10.0. The summed E-state index contributed by atoms with van der Waals surface area (Å²) < 4.78 is 0. The molecule has 3 heterocycles. The summed E-state index contributed by atoms with van der Waals surface area (Å²) in [6, 6.07) is 5.49. The van der Waals surface area contributed by atoms with Gasteiger partial charge in [0.2, 0.25) is 11.8 Å². The van der Waals surface area contributed by atoms with Gasteiger partial charge < -0.3 is 15.1 Å². The second-order valence-electron chi connectivity index (χ2n) is 7.95. The number of benzene rings is 1. The molecule has 3 aliphatic heterocycles. The SMILES string of the molecule is CN(Cc1ccc2c(c1)C(=O)N(C1CCC(=O)NC1=O)C2)CC1CCNC1. The van der Waals surface area contributed by atoms with E-state index in [1.165, 1.54) is 6.42 Å². The normalized spacial score (nSPS) is 25.3. The number of fused-ring (bicyclic) bond motifs is 1. The maximum Gasteiger partial charge on any atom is 0.255 e. The molecule has 27 heavy (non-hydrogen) atoms. The Balaban J connectivity index is 1.43. The third-order valence-electron chi connectivity index (χ3n) is 5.78. The molecule has 2 atom stereocenters. The quantitative estimate of drug-likeness (QED) is 0.738. The maximum atomic E-state index is 12.9. The molecule has 0 bridgehead atoms. The number of rotatable bonds is 5. The predicted molar refractivity (Wildman–Crippen MR) is 99.8 cm³/mol. The predicted octanol–water partition coefficient (Wildman–Crippen LogP) is 0.489. The summed E-state index contributed by atoms with van der Waals surface area (Å²) in [5, 5.41) is 5.73. The Kier molecular flexibility index (Phi) is 4.97. The van der Waals surface area contributed by atoms with Crippen LogP contribution in [-0.4, -0.2) is 60.2 Å². The van der Waals surface area contributed by atoms with Gasteiger partial charge >= 0.3 is 0 Å². The molecule has 2 unspecified atom stereocenters. The minimum absolute atomic E-state index is 0.107. The first-order valence-corrected chi connectivity index (χ1v) is 9.67. The Hall–Kier alpha value is -2.25. The molecule has 0 radical (unpaired) electrons. The number of hydrogen-bond acceptors (Lipinski definition) is 5. The second kappa shape index (κ2) is 7.40. The van der Waals surface area contributed by atoms with Gasteiger partial charge in [0, 0.05) is 31.6 Å². The molecule has 7 nitrogen and oxygen atoms in total. The van der Waals surface area contributed by atoms with E-state index in [2.05, 4.69) is 28.6 Å². The van der Waals surface area contributed by atoms with Crippen molar-refractivity contribution in [3.05, 3.63) is 34.9 Å². The summed E-state index contributed by atoms with van der Waals surface area (Å²) >= 11 is 0. The monoisotopic (exact) mass is 370 g/mol. The number of carbonyl (C=O) groups excluding carboxylic acids is 3. The van der Waals surface area contributed by atoms with Gasteiger partial charge in [0.15, 0.2) is 0 Å². The Labute approximate surface area is 159 Å². The van der Waals surface area contributed by atoms with Gasteiger partial charge in [-0.05, 0) is 56.1 Å². The molecule has 0 spiro atoms. The zero-order valence-corrected chi connectivity index (χ0v) is 15.7. The Bertz CT molecular complexity index is 772. The number of nitrogens with zero attached hydrogens (tertiary/aromatic N) is 2. The molecular weight excluding hydrogens is 344 g/mol. The first kappa shape index (κ1) is 18.1. The van der Waals surface area contributed by atoms with E-state index >= 15 is 0 Å². The van der Waals surface area contributed by atoms with Gasteiger partial charge in [-0.15, -0.1) is 0 Å². The molecule has 2 N–H and O–H groups in total. The van der Waals surface area contributed by atoms with Crippen molar-refractivity contribution in [3.63, 3.8) is 0 Å². The number of nitrogens with one attached hydrogen (secondary N) is 2. The highest BCUT2D eigenvalue weighted by Gasteiger charge is 2.39. The zero-order chi connectivity index (χ0) is 19.0. The van der Waals surface area contributed by atoms with E-state index in [-0.39, 0.29) is 24.1 Å². The molecule has 2 fully saturated rings. The van der Waals surface area contributed by atoms with Gasteiger partial charge in [-0.25, -0.2) is 0 Å². The van der Waals surface area contributed by atoms with Crippen LogP contribution in [0.4, 0.5) is 0 Å². The van der Waals surface area contributed by atoms with Crippen molar-refractivity contribution in [3.8, 4) is 0 Å². The van der Waals surface area contributed by atoms with Crippen LogP contribution in [0.15, 0.2) is 18.2 Å². The molecule has 4 rings (SSSR count). The molecule has 0 aliphatic carbocycles. The summed E-state index contributed by atoms with van der Waals surface area (Å²) in [7, 11) is 2.11. The van der Waals surface area contributed by atoms with E-state index < -0.39 is 6.04 Å². The molecule has 1 aromatic carbocycles. The molecule has 7 heteroatoms. The summed E-state index contributed by atoms with van der Waals surface area (Å²) in [5.74, 6) is -0.0428. The van der Waals surface area contributed by atoms with Crippen molar-refractivity contribution >= 4 is 17.7 Å². The molecular formula is C20H26N4O3. The Morgan fingerprint density at radius 2 is 2.07 bits per heavy atom. The number of piperidine rings is 1. The van der Waals surface area contributed by atoms with Gasteiger partial charge in [-0.1, -0.05) is 12.1 Å². The lowest BCUT2D eigenvalue weighted by Gasteiger charge is -2.29. The second-order valence-corrected chi connectivity index (χ2v) is 7.95. The summed E-state index contributed by atoms with van der Waals surface area (Å²) in [5.41, 5.74) is 2.75. The van der Waals surface area contributed by atoms with E-state index in [0.717, 1.165) is 37.3 Å². The number of imide groups is 1. The number of carbonyl (C=O) groups is 3. The molecule has 0 aromatic heterocycles. The van der Waals surface area contributed by atoms with E-state index in [1.54, 1.807) is 4.90 Å². The highest BCUT2D eigenvalue weighted by Crippen LogP contribution is 2.28. The fourth-order valence-electron chi connectivity index (χ4n) is 4.39. The van der Waals surface area contributed by atoms with E-state index in [1.807, 2.05) is 12.1 Å². The molecule has 3 amide bonds. The van der Waals surface area contributed by atoms with Crippen LogP contribution >= 0.6 is 0 Å². The van der Waals surface area contributed by atoms with Crippen LogP contribution in [0, 0.1) is 5.92 Å². The van der Waals surface area contributed by atoms with Gasteiger partial charge in [-0.2, -0.15) is 0 Å². The Morgan fingerprint density at radius 1 is 1.22 bits per heavy atom. The number of hydrogen-bond donors (Lipinski definition) is 2. The molecule has 144 valence electrons. The van der Waals surface area contributed by atoms with Crippen molar-refractivity contribution in [1.82, 2.24) is 20.4 Å². The first-order valence-electron chi connectivity index (χ1n) is 9.67. The van der Waals surface area contributed by atoms with E-state index in [4.69, 9.17) is 0 Å². The largest absolute Gasteiger partial charge is 0.322 e. The van der Waals surface area contributed by atoms with Gasteiger partial charge in [0.1, 0.15) is 6.04 Å². The molecule has 2 saturated heterocycles. The van der Waals surface area contributed by atoms with Gasteiger partial charge in [0.25, 0.3) is 5.91 Å². The average molecular weight is 370 g/mol. The smallest absolute Gasteiger partial charge is 0.255 e. The summed E-state index contributed by atoms with van der Waals surface area (Å²) in [4.78, 5) is 40.3. The van der Waals surface area contributed by atoms with Crippen molar-refractivity contribution in [2.24, 2.45) is 5.92 Å². The third kappa shape index (κ3) is 3.75.